The molecule has 19 heavy (non-hydrogen) atoms. The lowest BCUT2D eigenvalue weighted by molar-refractivity contribution is -0.137. The van der Waals surface area contributed by atoms with Crippen LogP contribution in [0.5, 0.6) is 0 Å². The zero-order chi connectivity index (χ0) is 14.0. The van der Waals surface area contributed by atoms with Gasteiger partial charge in [-0.25, -0.2) is 0 Å². The Morgan fingerprint density at radius 1 is 1.47 bits per heavy atom. The molecule has 6 heteroatoms. The van der Waals surface area contributed by atoms with Crippen molar-refractivity contribution < 1.29 is 14.7 Å². The minimum absolute atomic E-state index is 0.0401. The van der Waals surface area contributed by atoms with Crippen molar-refractivity contribution in [3.8, 4) is 0 Å². The van der Waals surface area contributed by atoms with Crippen molar-refractivity contribution in [1.82, 2.24) is 5.32 Å². The summed E-state index contributed by atoms with van der Waals surface area (Å²) >= 11 is 9.10. The maximum atomic E-state index is 12.1. The fourth-order valence-electron chi connectivity index (χ4n) is 1.94. The van der Waals surface area contributed by atoms with Crippen LogP contribution in [-0.2, 0) is 4.79 Å². The first-order valence-corrected chi connectivity index (χ1v) is 7.12. The van der Waals surface area contributed by atoms with Gasteiger partial charge in [-0.05, 0) is 52.9 Å². The van der Waals surface area contributed by atoms with E-state index >= 15 is 0 Å². The predicted molar refractivity (Wildman–Crippen MR) is 75.4 cm³/mol. The summed E-state index contributed by atoms with van der Waals surface area (Å²) in [4.78, 5) is 22.9. The molecule has 0 heterocycles. The normalized spacial score (nSPS) is 15.9. The van der Waals surface area contributed by atoms with Crippen molar-refractivity contribution >= 4 is 39.4 Å². The van der Waals surface area contributed by atoms with Crippen molar-refractivity contribution in [2.45, 2.75) is 25.3 Å². The van der Waals surface area contributed by atoms with Gasteiger partial charge in [0.1, 0.15) is 0 Å². The van der Waals surface area contributed by atoms with Gasteiger partial charge in [0.05, 0.1) is 12.0 Å². The van der Waals surface area contributed by atoms with Crippen LogP contribution in [0.1, 0.15) is 29.6 Å². The second-order valence-electron chi connectivity index (χ2n) is 4.64. The molecule has 0 saturated heterocycles. The predicted octanol–water partition coefficient (Wildman–Crippen LogP) is 3.09. The molecule has 1 aromatic carbocycles. The van der Waals surface area contributed by atoms with E-state index in [9.17, 15) is 9.59 Å². The second-order valence-corrected chi connectivity index (χ2v) is 5.93. The first kappa shape index (κ1) is 14.3. The number of amides is 1. The van der Waals surface area contributed by atoms with Crippen molar-refractivity contribution in [2.75, 3.05) is 0 Å². The van der Waals surface area contributed by atoms with Crippen LogP contribution in [0.15, 0.2) is 22.7 Å². The summed E-state index contributed by atoms with van der Waals surface area (Å²) in [5, 5.41) is 12.2. The van der Waals surface area contributed by atoms with E-state index in [1.165, 1.54) is 0 Å². The standard InChI is InChI=1S/C13H13BrClNO3/c14-10-5-8(15)3-4-9(10)13(19)16-11(6-12(17)18)7-1-2-7/h3-5,7,11H,1-2,6H2,(H,16,19)(H,17,18). The fraction of sp³-hybridized carbons (Fsp3) is 0.385. The Morgan fingerprint density at radius 2 is 2.16 bits per heavy atom. The summed E-state index contributed by atoms with van der Waals surface area (Å²) in [6.07, 6.45) is 1.90. The summed E-state index contributed by atoms with van der Waals surface area (Å²) < 4.78 is 0.599. The Balaban J connectivity index is 2.08. The highest BCUT2D eigenvalue weighted by Crippen LogP contribution is 2.34. The van der Waals surface area contributed by atoms with Crippen LogP contribution in [0, 0.1) is 5.92 Å². The van der Waals surface area contributed by atoms with Crippen molar-refractivity contribution in [1.29, 1.82) is 0 Å². The summed E-state index contributed by atoms with van der Waals surface area (Å²) in [7, 11) is 0. The van der Waals surface area contributed by atoms with Crippen LogP contribution < -0.4 is 5.32 Å². The Labute approximate surface area is 124 Å². The number of carboxylic acid groups (broad SMARTS) is 1. The number of aliphatic carboxylic acids is 1. The van der Waals surface area contributed by atoms with E-state index in [0.717, 1.165) is 12.8 Å². The highest BCUT2D eigenvalue weighted by molar-refractivity contribution is 9.10. The zero-order valence-electron chi connectivity index (χ0n) is 10.0. The first-order valence-electron chi connectivity index (χ1n) is 5.95. The summed E-state index contributed by atoms with van der Waals surface area (Å²) in [6.45, 7) is 0. The van der Waals surface area contributed by atoms with Gasteiger partial charge >= 0.3 is 5.97 Å². The topological polar surface area (TPSA) is 66.4 Å². The molecule has 2 N–H and O–H groups in total. The van der Waals surface area contributed by atoms with Crippen molar-refractivity contribution in [3.05, 3.63) is 33.3 Å². The molecule has 0 radical (unpaired) electrons. The van der Waals surface area contributed by atoms with Gasteiger partial charge in [-0.1, -0.05) is 11.6 Å². The Hall–Kier alpha value is -1.07. The van der Waals surface area contributed by atoms with E-state index in [4.69, 9.17) is 16.7 Å². The average Bonchev–Trinajstić information content (AvgIpc) is 3.10. The molecule has 0 aromatic heterocycles. The second kappa shape index (κ2) is 5.92. The zero-order valence-corrected chi connectivity index (χ0v) is 12.4. The molecule has 4 nitrogen and oxygen atoms in total. The van der Waals surface area contributed by atoms with Gasteiger partial charge in [-0.15, -0.1) is 0 Å². The van der Waals surface area contributed by atoms with Gasteiger partial charge < -0.3 is 10.4 Å². The minimum Gasteiger partial charge on any atom is -0.481 e. The van der Waals surface area contributed by atoms with E-state index in [2.05, 4.69) is 21.2 Å². The fourth-order valence-corrected chi connectivity index (χ4v) is 2.80. The Bertz CT molecular complexity index is 517. The number of carbonyl (C=O) groups excluding carboxylic acids is 1. The van der Waals surface area contributed by atoms with Crippen LogP contribution in [0.4, 0.5) is 0 Å². The van der Waals surface area contributed by atoms with Gasteiger partial charge in [0, 0.05) is 15.5 Å². The molecule has 0 aliphatic heterocycles. The summed E-state index contributed by atoms with van der Waals surface area (Å²) in [5.41, 5.74) is 0.459. The van der Waals surface area contributed by atoms with Gasteiger partial charge in [0.2, 0.25) is 0 Å². The highest BCUT2D eigenvalue weighted by Gasteiger charge is 2.34. The van der Waals surface area contributed by atoms with E-state index in [-0.39, 0.29) is 24.3 Å². The Kier molecular flexibility index (Phi) is 4.47. The Morgan fingerprint density at radius 3 is 2.68 bits per heavy atom. The molecular formula is C13H13BrClNO3. The van der Waals surface area contributed by atoms with Crippen molar-refractivity contribution in [3.63, 3.8) is 0 Å². The van der Waals surface area contributed by atoms with Crippen molar-refractivity contribution in [2.24, 2.45) is 5.92 Å². The number of rotatable bonds is 5. The lowest BCUT2D eigenvalue weighted by Crippen LogP contribution is -2.38. The molecule has 2 rings (SSSR count). The third kappa shape index (κ3) is 3.94. The number of hydrogen-bond donors (Lipinski definition) is 2. The van der Waals surface area contributed by atoms with E-state index in [0.29, 0.717) is 15.1 Å². The molecule has 1 aliphatic rings. The van der Waals surface area contributed by atoms with Gasteiger partial charge in [-0.2, -0.15) is 0 Å². The SMILES string of the molecule is O=C(O)CC(NC(=O)c1ccc(Cl)cc1Br)C1CC1. The number of carboxylic acids is 1. The van der Waals surface area contributed by atoms with Gasteiger partial charge in [0.25, 0.3) is 5.91 Å². The largest absolute Gasteiger partial charge is 0.481 e. The van der Waals surface area contributed by atoms with E-state index in [1.807, 2.05) is 0 Å². The number of nitrogens with one attached hydrogen (secondary N) is 1. The number of carbonyl (C=O) groups is 2. The molecular weight excluding hydrogens is 334 g/mol. The quantitative estimate of drug-likeness (QED) is 0.861. The molecule has 1 amide bonds. The molecule has 1 unspecified atom stereocenters. The van der Waals surface area contributed by atoms with Gasteiger partial charge in [0.15, 0.2) is 0 Å². The molecule has 1 atom stereocenters. The van der Waals surface area contributed by atoms with Crippen LogP contribution in [0.3, 0.4) is 0 Å². The van der Waals surface area contributed by atoms with Crippen LogP contribution in [-0.4, -0.2) is 23.0 Å². The smallest absolute Gasteiger partial charge is 0.305 e. The maximum Gasteiger partial charge on any atom is 0.305 e. The van der Waals surface area contributed by atoms with Crippen LogP contribution >= 0.6 is 27.5 Å². The maximum absolute atomic E-state index is 12.1. The molecule has 1 fully saturated rings. The van der Waals surface area contributed by atoms with Crippen LogP contribution in [0.25, 0.3) is 0 Å². The summed E-state index contributed by atoms with van der Waals surface area (Å²) in [6, 6.07) is 4.59. The van der Waals surface area contributed by atoms with E-state index < -0.39 is 5.97 Å². The lowest BCUT2D eigenvalue weighted by atomic mass is 10.1. The lowest BCUT2D eigenvalue weighted by Gasteiger charge is -2.16. The van der Waals surface area contributed by atoms with Crippen LogP contribution in [0.2, 0.25) is 5.02 Å². The molecule has 0 bridgehead atoms. The molecule has 1 aromatic rings. The summed E-state index contributed by atoms with van der Waals surface area (Å²) in [5.74, 6) is -0.889. The first-order chi connectivity index (χ1) is 8.97. The number of halogens is 2. The van der Waals surface area contributed by atoms with E-state index in [1.54, 1.807) is 18.2 Å². The minimum atomic E-state index is -0.896. The molecule has 1 saturated carbocycles. The highest BCUT2D eigenvalue weighted by atomic mass is 79.9. The third-order valence-corrected chi connectivity index (χ3v) is 3.97. The number of benzene rings is 1. The molecule has 0 spiro atoms. The monoisotopic (exact) mass is 345 g/mol. The third-order valence-electron chi connectivity index (χ3n) is 3.08. The molecule has 102 valence electrons. The molecule has 1 aliphatic carbocycles. The van der Waals surface area contributed by atoms with Gasteiger partial charge in [-0.3, -0.25) is 9.59 Å². The average molecular weight is 347 g/mol. The number of hydrogen-bond acceptors (Lipinski definition) is 2.